The molecule has 0 unspecified atom stereocenters. The van der Waals surface area contributed by atoms with Crippen molar-refractivity contribution >= 4 is 32.7 Å². The summed E-state index contributed by atoms with van der Waals surface area (Å²) in [7, 11) is 0. The third-order valence-electron chi connectivity index (χ3n) is 3.15. The van der Waals surface area contributed by atoms with E-state index in [1.54, 1.807) is 24.5 Å². The van der Waals surface area contributed by atoms with Crippen LogP contribution in [-0.4, -0.2) is 15.9 Å². The number of carbonyl (C=O) groups excluding carboxylic acids is 1. The molecule has 1 N–H and O–H groups in total. The monoisotopic (exact) mass is 341 g/mol. The van der Waals surface area contributed by atoms with E-state index >= 15 is 0 Å². The molecular formula is C16H12BrN3O. The van der Waals surface area contributed by atoms with Crippen molar-refractivity contribution in [2.45, 2.75) is 6.54 Å². The van der Waals surface area contributed by atoms with Crippen LogP contribution in [0.15, 0.2) is 59.5 Å². The van der Waals surface area contributed by atoms with E-state index in [2.05, 4.69) is 31.2 Å². The standard InChI is InChI=1S/C16H12BrN3O/c17-14-7-6-13(10-19-14)16(21)20-9-12-4-1-3-11-5-2-8-18-15(11)12/h1-8,10H,9H2,(H,20,21). The van der Waals surface area contributed by atoms with Crippen molar-refractivity contribution in [3.05, 3.63) is 70.6 Å². The third kappa shape index (κ3) is 3.08. The molecule has 0 aliphatic carbocycles. The van der Waals surface area contributed by atoms with E-state index in [1.807, 2.05) is 30.3 Å². The minimum Gasteiger partial charge on any atom is -0.348 e. The summed E-state index contributed by atoms with van der Waals surface area (Å²) < 4.78 is 0.706. The Morgan fingerprint density at radius 2 is 1.95 bits per heavy atom. The summed E-state index contributed by atoms with van der Waals surface area (Å²) in [6.07, 6.45) is 3.30. The third-order valence-corrected chi connectivity index (χ3v) is 3.61. The number of carbonyl (C=O) groups is 1. The van der Waals surface area contributed by atoms with Gasteiger partial charge in [0.2, 0.25) is 0 Å². The summed E-state index contributed by atoms with van der Waals surface area (Å²) in [4.78, 5) is 20.5. The predicted octanol–water partition coefficient (Wildman–Crippen LogP) is 3.32. The van der Waals surface area contributed by atoms with E-state index in [1.165, 1.54) is 0 Å². The lowest BCUT2D eigenvalue weighted by Gasteiger charge is -2.07. The Morgan fingerprint density at radius 3 is 2.76 bits per heavy atom. The molecule has 104 valence electrons. The van der Waals surface area contributed by atoms with Gasteiger partial charge in [-0.25, -0.2) is 4.98 Å². The highest BCUT2D eigenvalue weighted by molar-refractivity contribution is 9.10. The summed E-state index contributed by atoms with van der Waals surface area (Å²) >= 11 is 3.25. The number of rotatable bonds is 3. The van der Waals surface area contributed by atoms with Gasteiger partial charge in [-0.15, -0.1) is 0 Å². The SMILES string of the molecule is O=C(NCc1cccc2cccnc12)c1ccc(Br)nc1. The molecule has 0 bridgehead atoms. The number of amides is 1. The zero-order valence-corrected chi connectivity index (χ0v) is 12.7. The maximum atomic E-state index is 12.1. The fourth-order valence-electron chi connectivity index (χ4n) is 2.10. The van der Waals surface area contributed by atoms with Crippen LogP contribution in [0.5, 0.6) is 0 Å². The van der Waals surface area contributed by atoms with Crippen molar-refractivity contribution in [1.82, 2.24) is 15.3 Å². The molecule has 3 rings (SSSR count). The van der Waals surface area contributed by atoms with E-state index in [9.17, 15) is 4.79 Å². The molecule has 0 aliphatic rings. The number of nitrogens with zero attached hydrogens (tertiary/aromatic N) is 2. The van der Waals surface area contributed by atoms with Gasteiger partial charge in [0, 0.05) is 24.3 Å². The second kappa shape index (κ2) is 6.01. The minimum absolute atomic E-state index is 0.150. The van der Waals surface area contributed by atoms with Gasteiger partial charge in [-0.1, -0.05) is 24.3 Å². The number of halogens is 1. The van der Waals surface area contributed by atoms with Crippen LogP contribution in [0, 0.1) is 0 Å². The molecular weight excluding hydrogens is 330 g/mol. The fraction of sp³-hybridized carbons (Fsp3) is 0.0625. The largest absolute Gasteiger partial charge is 0.348 e. The molecule has 21 heavy (non-hydrogen) atoms. The Balaban J connectivity index is 1.77. The van der Waals surface area contributed by atoms with Crippen molar-refractivity contribution in [3.63, 3.8) is 0 Å². The smallest absolute Gasteiger partial charge is 0.253 e. The highest BCUT2D eigenvalue weighted by atomic mass is 79.9. The zero-order chi connectivity index (χ0) is 14.7. The summed E-state index contributed by atoms with van der Waals surface area (Å²) in [6.45, 7) is 0.434. The molecule has 0 radical (unpaired) electrons. The van der Waals surface area contributed by atoms with Crippen LogP contribution >= 0.6 is 15.9 Å². The Labute approximate surface area is 130 Å². The number of hydrogen-bond acceptors (Lipinski definition) is 3. The molecule has 0 fully saturated rings. The number of fused-ring (bicyclic) bond motifs is 1. The first-order chi connectivity index (χ1) is 10.2. The molecule has 0 aliphatic heterocycles. The van der Waals surface area contributed by atoms with Crippen molar-refractivity contribution in [2.75, 3.05) is 0 Å². The van der Waals surface area contributed by atoms with Crippen molar-refractivity contribution in [1.29, 1.82) is 0 Å². The average Bonchev–Trinajstić information content (AvgIpc) is 2.53. The lowest BCUT2D eigenvalue weighted by molar-refractivity contribution is 0.0950. The first-order valence-electron chi connectivity index (χ1n) is 6.46. The van der Waals surface area contributed by atoms with E-state index in [4.69, 9.17) is 0 Å². The van der Waals surface area contributed by atoms with Crippen LogP contribution in [-0.2, 0) is 6.54 Å². The molecule has 0 saturated carbocycles. The lowest BCUT2D eigenvalue weighted by Crippen LogP contribution is -2.23. The van der Waals surface area contributed by atoms with Gasteiger partial charge in [-0.3, -0.25) is 9.78 Å². The van der Waals surface area contributed by atoms with Crippen LogP contribution < -0.4 is 5.32 Å². The molecule has 0 atom stereocenters. The summed E-state index contributed by atoms with van der Waals surface area (Å²) in [5.74, 6) is -0.150. The normalized spacial score (nSPS) is 10.5. The maximum Gasteiger partial charge on any atom is 0.253 e. The number of aromatic nitrogens is 2. The highest BCUT2D eigenvalue weighted by Gasteiger charge is 2.07. The quantitative estimate of drug-likeness (QED) is 0.743. The highest BCUT2D eigenvalue weighted by Crippen LogP contribution is 2.15. The van der Waals surface area contributed by atoms with Gasteiger partial charge in [0.25, 0.3) is 5.91 Å². The van der Waals surface area contributed by atoms with E-state index < -0.39 is 0 Å². The Hall–Kier alpha value is -2.27. The van der Waals surface area contributed by atoms with Gasteiger partial charge in [0.1, 0.15) is 4.60 Å². The maximum absolute atomic E-state index is 12.1. The van der Waals surface area contributed by atoms with Crippen LogP contribution in [0.1, 0.15) is 15.9 Å². The van der Waals surface area contributed by atoms with Crippen molar-refractivity contribution in [3.8, 4) is 0 Å². The van der Waals surface area contributed by atoms with Gasteiger partial charge >= 0.3 is 0 Å². The van der Waals surface area contributed by atoms with Crippen LogP contribution in [0.3, 0.4) is 0 Å². The summed E-state index contributed by atoms with van der Waals surface area (Å²) in [5, 5.41) is 3.96. The van der Waals surface area contributed by atoms with Gasteiger partial charge in [0.15, 0.2) is 0 Å². The minimum atomic E-state index is -0.150. The zero-order valence-electron chi connectivity index (χ0n) is 11.1. The van der Waals surface area contributed by atoms with Crippen LogP contribution in [0.2, 0.25) is 0 Å². The second-order valence-corrected chi connectivity index (χ2v) is 5.36. The van der Waals surface area contributed by atoms with Crippen molar-refractivity contribution in [2.24, 2.45) is 0 Å². The number of para-hydroxylation sites is 1. The lowest BCUT2D eigenvalue weighted by atomic mass is 10.1. The Bertz CT molecular complexity index is 782. The van der Waals surface area contributed by atoms with E-state index in [0.717, 1.165) is 16.5 Å². The first-order valence-corrected chi connectivity index (χ1v) is 7.26. The molecule has 2 aromatic heterocycles. The van der Waals surface area contributed by atoms with Crippen LogP contribution in [0.4, 0.5) is 0 Å². The molecule has 3 aromatic rings. The molecule has 1 aromatic carbocycles. The molecule has 0 saturated heterocycles. The van der Waals surface area contributed by atoms with Gasteiger partial charge in [-0.2, -0.15) is 0 Å². The van der Waals surface area contributed by atoms with Crippen molar-refractivity contribution < 1.29 is 4.79 Å². The predicted molar refractivity (Wildman–Crippen MR) is 84.9 cm³/mol. The number of hydrogen-bond donors (Lipinski definition) is 1. The number of nitrogens with one attached hydrogen (secondary N) is 1. The fourth-order valence-corrected chi connectivity index (χ4v) is 2.33. The van der Waals surface area contributed by atoms with Crippen LogP contribution in [0.25, 0.3) is 10.9 Å². The molecule has 0 spiro atoms. The summed E-state index contributed by atoms with van der Waals surface area (Å²) in [5.41, 5.74) is 2.44. The molecule has 2 heterocycles. The number of pyridine rings is 2. The first kappa shape index (κ1) is 13.7. The van der Waals surface area contributed by atoms with Gasteiger partial charge in [-0.05, 0) is 39.7 Å². The Morgan fingerprint density at radius 1 is 1.10 bits per heavy atom. The van der Waals surface area contributed by atoms with Gasteiger partial charge in [0.05, 0.1) is 11.1 Å². The summed E-state index contributed by atoms with van der Waals surface area (Å²) in [6, 6.07) is 13.3. The number of benzene rings is 1. The molecule has 5 heteroatoms. The van der Waals surface area contributed by atoms with E-state index in [-0.39, 0.29) is 5.91 Å². The molecule has 1 amide bonds. The van der Waals surface area contributed by atoms with E-state index in [0.29, 0.717) is 16.7 Å². The average molecular weight is 342 g/mol. The van der Waals surface area contributed by atoms with Gasteiger partial charge < -0.3 is 5.32 Å². The second-order valence-electron chi connectivity index (χ2n) is 4.54. The molecule has 4 nitrogen and oxygen atoms in total. The Kier molecular flexibility index (Phi) is 3.92. The topological polar surface area (TPSA) is 54.9 Å².